The molecule has 1 aromatic rings. The smallest absolute Gasteiger partial charge is 0.228 e. The fourth-order valence-electron chi connectivity index (χ4n) is 2.84. The topological polar surface area (TPSA) is 41.1 Å². The lowest BCUT2D eigenvalue weighted by atomic mass is 9.90. The van der Waals surface area contributed by atoms with Crippen LogP contribution in [0.15, 0.2) is 24.3 Å². The highest BCUT2D eigenvalue weighted by Crippen LogP contribution is 2.25. The molecule has 1 aromatic carbocycles. The molecule has 3 nitrogen and oxygen atoms in total. The summed E-state index contributed by atoms with van der Waals surface area (Å²) in [5, 5.41) is 6.48. The van der Waals surface area contributed by atoms with Crippen LogP contribution in [0.3, 0.4) is 0 Å². The van der Waals surface area contributed by atoms with Crippen molar-refractivity contribution in [2.75, 3.05) is 24.6 Å². The molecule has 2 heterocycles. The highest BCUT2D eigenvalue weighted by molar-refractivity contribution is 7.99. The van der Waals surface area contributed by atoms with Crippen LogP contribution in [0.1, 0.15) is 23.5 Å². The normalized spacial score (nSPS) is 25.9. The first-order chi connectivity index (χ1) is 9.34. The van der Waals surface area contributed by atoms with Gasteiger partial charge in [0.1, 0.15) is 0 Å². The number of hydrogen-bond donors (Lipinski definition) is 2. The van der Waals surface area contributed by atoms with E-state index in [1.165, 1.54) is 29.1 Å². The summed E-state index contributed by atoms with van der Waals surface area (Å²) < 4.78 is 0. The van der Waals surface area contributed by atoms with Crippen LogP contribution in [0.4, 0.5) is 0 Å². The minimum absolute atomic E-state index is 0.0287. The lowest BCUT2D eigenvalue weighted by Gasteiger charge is -2.26. The molecule has 3 rings (SSSR count). The first kappa shape index (κ1) is 13.0. The van der Waals surface area contributed by atoms with Crippen LogP contribution < -0.4 is 10.6 Å². The van der Waals surface area contributed by atoms with E-state index in [-0.39, 0.29) is 11.8 Å². The van der Waals surface area contributed by atoms with E-state index in [2.05, 4.69) is 22.8 Å². The number of hydrogen-bond acceptors (Lipinski definition) is 3. The lowest BCUT2D eigenvalue weighted by Crippen LogP contribution is -2.40. The van der Waals surface area contributed by atoms with Crippen molar-refractivity contribution < 1.29 is 4.79 Å². The highest BCUT2D eigenvalue weighted by Gasteiger charge is 2.26. The zero-order chi connectivity index (χ0) is 13.1. The van der Waals surface area contributed by atoms with Gasteiger partial charge in [0.05, 0.1) is 5.92 Å². The molecule has 0 bridgehead atoms. The second-order valence-corrected chi connectivity index (χ2v) is 6.51. The average Bonchev–Trinajstić information content (AvgIpc) is 2.97. The molecule has 19 heavy (non-hydrogen) atoms. The molecule has 2 aliphatic heterocycles. The van der Waals surface area contributed by atoms with E-state index in [0.29, 0.717) is 5.92 Å². The van der Waals surface area contributed by atoms with Crippen molar-refractivity contribution in [2.24, 2.45) is 5.92 Å². The van der Waals surface area contributed by atoms with Crippen molar-refractivity contribution >= 4 is 17.7 Å². The second-order valence-electron chi connectivity index (χ2n) is 5.36. The van der Waals surface area contributed by atoms with Crippen molar-refractivity contribution in [2.45, 2.75) is 18.9 Å². The third-order valence-corrected chi connectivity index (χ3v) is 5.23. The minimum Gasteiger partial charge on any atom is -0.355 e. The minimum atomic E-state index is -0.0287. The Kier molecular flexibility index (Phi) is 4.09. The van der Waals surface area contributed by atoms with E-state index in [0.717, 1.165) is 19.6 Å². The van der Waals surface area contributed by atoms with Crippen molar-refractivity contribution in [1.82, 2.24) is 10.6 Å². The van der Waals surface area contributed by atoms with Gasteiger partial charge in [0.25, 0.3) is 0 Å². The summed E-state index contributed by atoms with van der Waals surface area (Å²) in [5.74, 6) is 3.25. The standard InChI is InChI=1S/C15H20N2OS/c18-15(17-7-11-5-6-19-10-11)14-9-16-8-12-3-1-2-4-13(12)14/h1-4,11,14,16H,5-10H2,(H,17,18). The van der Waals surface area contributed by atoms with Gasteiger partial charge in [-0.1, -0.05) is 24.3 Å². The molecule has 2 N–H and O–H groups in total. The predicted octanol–water partition coefficient (Wildman–Crippen LogP) is 1.74. The molecule has 0 radical (unpaired) electrons. The molecule has 1 saturated heterocycles. The molecule has 0 aromatic heterocycles. The van der Waals surface area contributed by atoms with Gasteiger partial charge >= 0.3 is 0 Å². The zero-order valence-electron chi connectivity index (χ0n) is 11.0. The summed E-state index contributed by atoms with van der Waals surface area (Å²) in [6, 6.07) is 8.26. The molecule has 4 heteroatoms. The molecule has 0 spiro atoms. The van der Waals surface area contributed by atoms with Crippen molar-refractivity contribution in [3.05, 3.63) is 35.4 Å². The van der Waals surface area contributed by atoms with Crippen LogP contribution in [0.5, 0.6) is 0 Å². The first-order valence-corrected chi connectivity index (χ1v) is 8.14. The second kappa shape index (κ2) is 5.97. The Bertz CT molecular complexity index is 457. The van der Waals surface area contributed by atoms with Gasteiger partial charge < -0.3 is 10.6 Å². The Balaban J connectivity index is 1.64. The van der Waals surface area contributed by atoms with Gasteiger partial charge in [0.2, 0.25) is 5.91 Å². The largest absolute Gasteiger partial charge is 0.355 e. The number of carbonyl (C=O) groups is 1. The Morgan fingerprint density at radius 2 is 2.32 bits per heavy atom. The average molecular weight is 276 g/mol. The van der Waals surface area contributed by atoms with E-state index in [1.807, 2.05) is 23.9 Å². The molecule has 2 unspecified atom stereocenters. The SMILES string of the molecule is O=C(NCC1CCSC1)C1CNCc2ccccc21. The van der Waals surface area contributed by atoms with Gasteiger partial charge in [-0.15, -0.1) is 0 Å². The van der Waals surface area contributed by atoms with Gasteiger partial charge in [-0.25, -0.2) is 0 Å². The number of amides is 1. The fourth-order valence-corrected chi connectivity index (χ4v) is 4.13. The van der Waals surface area contributed by atoms with E-state index < -0.39 is 0 Å². The monoisotopic (exact) mass is 276 g/mol. The molecular weight excluding hydrogens is 256 g/mol. The Morgan fingerprint density at radius 3 is 3.16 bits per heavy atom. The van der Waals surface area contributed by atoms with E-state index in [4.69, 9.17) is 0 Å². The van der Waals surface area contributed by atoms with E-state index in [9.17, 15) is 4.79 Å². The summed E-state index contributed by atoms with van der Waals surface area (Å²) in [6.07, 6.45) is 1.24. The highest BCUT2D eigenvalue weighted by atomic mass is 32.2. The Labute approximate surface area is 118 Å². The molecule has 2 atom stereocenters. The molecule has 102 valence electrons. The van der Waals surface area contributed by atoms with Crippen LogP contribution in [0.2, 0.25) is 0 Å². The van der Waals surface area contributed by atoms with E-state index >= 15 is 0 Å². The third-order valence-electron chi connectivity index (χ3n) is 4.00. The maximum Gasteiger partial charge on any atom is 0.228 e. The van der Waals surface area contributed by atoms with Gasteiger partial charge in [-0.3, -0.25) is 4.79 Å². The number of nitrogens with one attached hydrogen (secondary N) is 2. The molecule has 1 amide bonds. The number of thioether (sulfide) groups is 1. The number of carbonyl (C=O) groups excluding carboxylic acids is 1. The quantitative estimate of drug-likeness (QED) is 0.883. The van der Waals surface area contributed by atoms with Gasteiger partial charge in [0, 0.05) is 19.6 Å². The summed E-state index contributed by atoms with van der Waals surface area (Å²) >= 11 is 1.99. The van der Waals surface area contributed by atoms with Gasteiger partial charge in [-0.05, 0) is 35.0 Å². The summed E-state index contributed by atoms with van der Waals surface area (Å²) in [7, 11) is 0. The van der Waals surface area contributed by atoms with E-state index in [1.54, 1.807) is 0 Å². The van der Waals surface area contributed by atoms with Crippen LogP contribution in [0.25, 0.3) is 0 Å². The molecule has 1 fully saturated rings. The predicted molar refractivity (Wildman–Crippen MR) is 79.3 cm³/mol. The molecule has 2 aliphatic rings. The van der Waals surface area contributed by atoms with Crippen LogP contribution in [-0.4, -0.2) is 30.5 Å². The maximum absolute atomic E-state index is 12.4. The Hall–Kier alpha value is -1.00. The number of fused-ring (bicyclic) bond motifs is 1. The van der Waals surface area contributed by atoms with Crippen LogP contribution >= 0.6 is 11.8 Å². The van der Waals surface area contributed by atoms with Crippen LogP contribution in [0, 0.1) is 5.92 Å². The third kappa shape index (κ3) is 2.95. The summed E-state index contributed by atoms with van der Waals surface area (Å²) in [6.45, 7) is 2.46. The molecule has 0 saturated carbocycles. The van der Waals surface area contributed by atoms with Crippen LogP contribution in [-0.2, 0) is 11.3 Å². The van der Waals surface area contributed by atoms with Crippen molar-refractivity contribution in [1.29, 1.82) is 0 Å². The fraction of sp³-hybridized carbons (Fsp3) is 0.533. The van der Waals surface area contributed by atoms with Crippen molar-refractivity contribution in [3.8, 4) is 0 Å². The zero-order valence-corrected chi connectivity index (χ0v) is 11.8. The summed E-state index contributed by atoms with van der Waals surface area (Å²) in [4.78, 5) is 12.4. The number of benzene rings is 1. The number of rotatable bonds is 3. The lowest BCUT2D eigenvalue weighted by molar-refractivity contribution is -0.122. The van der Waals surface area contributed by atoms with Crippen molar-refractivity contribution in [3.63, 3.8) is 0 Å². The van der Waals surface area contributed by atoms with Gasteiger partial charge in [-0.2, -0.15) is 11.8 Å². The molecule has 0 aliphatic carbocycles. The first-order valence-electron chi connectivity index (χ1n) is 6.98. The Morgan fingerprint density at radius 1 is 1.42 bits per heavy atom. The molecular formula is C15H20N2OS. The maximum atomic E-state index is 12.4. The van der Waals surface area contributed by atoms with Gasteiger partial charge in [0.15, 0.2) is 0 Å². The summed E-state index contributed by atoms with van der Waals surface area (Å²) in [5.41, 5.74) is 2.45.